The lowest BCUT2D eigenvalue weighted by atomic mass is 10.1. The number of nitro groups is 2. The summed E-state index contributed by atoms with van der Waals surface area (Å²) in [6, 6.07) is 3.22. The molecule has 0 aliphatic heterocycles. The number of esters is 1. The first-order chi connectivity index (χ1) is 11.4. The maximum Gasteiger partial charge on any atom is 0.314 e. The molecule has 1 unspecified atom stereocenters. The van der Waals surface area contributed by atoms with Crippen molar-refractivity contribution in [2.75, 3.05) is 12.0 Å². The Kier molecular flexibility index (Phi) is 5.40. The van der Waals surface area contributed by atoms with Crippen LogP contribution in [0.1, 0.15) is 26.2 Å². The third-order valence-electron chi connectivity index (χ3n) is 3.61. The molecule has 0 amide bonds. The number of rotatable bonds is 6. The molecular weight excluding hydrogens is 320 g/mol. The van der Waals surface area contributed by atoms with Gasteiger partial charge in [0, 0.05) is 6.07 Å². The maximum absolute atomic E-state index is 11.8. The molecule has 2 rings (SSSR count). The van der Waals surface area contributed by atoms with Crippen molar-refractivity contribution >= 4 is 28.7 Å². The molecule has 1 fully saturated rings. The first kappa shape index (κ1) is 17.3. The number of anilines is 1. The van der Waals surface area contributed by atoms with Crippen molar-refractivity contribution in [1.82, 2.24) is 0 Å². The molecule has 24 heavy (non-hydrogen) atoms. The van der Waals surface area contributed by atoms with Crippen molar-refractivity contribution in [3.63, 3.8) is 0 Å². The van der Waals surface area contributed by atoms with Crippen molar-refractivity contribution in [2.24, 2.45) is 11.0 Å². The average Bonchev–Trinajstić information content (AvgIpc) is 3.01. The highest BCUT2D eigenvalue weighted by Gasteiger charge is 2.31. The third-order valence-corrected chi connectivity index (χ3v) is 3.61. The quantitative estimate of drug-likeness (QED) is 0.479. The van der Waals surface area contributed by atoms with Crippen LogP contribution in [0.2, 0.25) is 0 Å². The number of carbonyl (C=O) groups excluding carboxylic acids is 1. The van der Waals surface area contributed by atoms with Gasteiger partial charge in [-0.1, -0.05) is 0 Å². The molecule has 0 bridgehead atoms. The predicted octanol–water partition coefficient (Wildman–Crippen LogP) is 2.63. The normalized spacial score (nSPS) is 18.4. The van der Waals surface area contributed by atoms with Gasteiger partial charge in [-0.25, -0.2) is 0 Å². The summed E-state index contributed by atoms with van der Waals surface area (Å²) in [4.78, 5) is 32.2. The van der Waals surface area contributed by atoms with E-state index in [-0.39, 0.29) is 24.0 Å². The number of ether oxygens (including phenoxy) is 1. The summed E-state index contributed by atoms with van der Waals surface area (Å²) >= 11 is 0. The van der Waals surface area contributed by atoms with Crippen LogP contribution >= 0.6 is 0 Å². The monoisotopic (exact) mass is 336 g/mol. The maximum atomic E-state index is 11.8. The van der Waals surface area contributed by atoms with Gasteiger partial charge in [-0.2, -0.15) is 5.10 Å². The molecule has 0 aromatic heterocycles. The number of hydrazone groups is 1. The molecular formula is C14H16N4O6. The summed E-state index contributed by atoms with van der Waals surface area (Å²) in [5.74, 6) is -0.830. The molecule has 1 aromatic rings. The van der Waals surface area contributed by atoms with Gasteiger partial charge in [0.25, 0.3) is 5.69 Å². The first-order valence-electron chi connectivity index (χ1n) is 7.36. The Labute approximate surface area is 136 Å². The van der Waals surface area contributed by atoms with Crippen molar-refractivity contribution in [2.45, 2.75) is 26.2 Å². The molecule has 1 aromatic carbocycles. The standard InChI is InChI=1S/C14H16N4O6/c1-2-24-14(19)10-4-3-5-11(10)15-16-12-7-6-9(17(20)21)8-13(12)18(22)23/h6-8,10,16H,2-5H2,1H3/b15-11-. The zero-order valence-corrected chi connectivity index (χ0v) is 12.9. The van der Waals surface area contributed by atoms with Gasteiger partial charge < -0.3 is 4.74 Å². The van der Waals surface area contributed by atoms with Crippen LogP contribution in [-0.2, 0) is 9.53 Å². The molecule has 0 saturated heterocycles. The van der Waals surface area contributed by atoms with Crippen molar-refractivity contribution in [3.05, 3.63) is 38.4 Å². The van der Waals surface area contributed by atoms with Crippen molar-refractivity contribution in [3.8, 4) is 0 Å². The van der Waals surface area contributed by atoms with E-state index >= 15 is 0 Å². The van der Waals surface area contributed by atoms with E-state index in [9.17, 15) is 25.0 Å². The molecule has 0 heterocycles. The van der Waals surface area contributed by atoms with Crippen LogP contribution in [0.4, 0.5) is 17.1 Å². The van der Waals surface area contributed by atoms with Gasteiger partial charge in [-0.3, -0.25) is 30.4 Å². The summed E-state index contributed by atoms with van der Waals surface area (Å²) in [5, 5.41) is 25.9. The molecule has 0 spiro atoms. The molecule has 1 atom stereocenters. The Morgan fingerprint density at radius 3 is 2.75 bits per heavy atom. The zero-order chi connectivity index (χ0) is 17.7. The lowest BCUT2D eigenvalue weighted by molar-refractivity contribution is -0.393. The molecule has 128 valence electrons. The number of hydrogen-bond donors (Lipinski definition) is 1. The Morgan fingerprint density at radius 2 is 2.12 bits per heavy atom. The Bertz CT molecular complexity index is 703. The second kappa shape index (κ2) is 7.49. The van der Waals surface area contributed by atoms with E-state index in [1.807, 2.05) is 0 Å². The summed E-state index contributed by atoms with van der Waals surface area (Å²) in [6.45, 7) is 1.98. The van der Waals surface area contributed by atoms with E-state index in [0.717, 1.165) is 18.6 Å². The average molecular weight is 336 g/mol. The van der Waals surface area contributed by atoms with E-state index in [2.05, 4.69) is 10.5 Å². The van der Waals surface area contributed by atoms with Crippen LogP contribution in [0.15, 0.2) is 23.3 Å². The van der Waals surface area contributed by atoms with E-state index in [0.29, 0.717) is 18.6 Å². The lowest BCUT2D eigenvalue weighted by Gasteiger charge is -2.10. The second-order valence-electron chi connectivity index (χ2n) is 5.13. The highest BCUT2D eigenvalue weighted by atomic mass is 16.6. The minimum atomic E-state index is -0.729. The number of nitrogens with zero attached hydrogens (tertiary/aromatic N) is 3. The van der Waals surface area contributed by atoms with E-state index in [1.54, 1.807) is 6.92 Å². The fourth-order valence-electron chi connectivity index (χ4n) is 2.47. The van der Waals surface area contributed by atoms with Gasteiger partial charge in [-0.05, 0) is 32.3 Å². The Balaban J connectivity index is 2.22. The fraction of sp³-hybridized carbons (Fsp3) is 0.429. The second-order valence-corrected chi connectivity index (χ2v) is 5.13. The summed E-state index contributed by atoms with van der Waals surface area (Å²) in [5.41, 5.74) is 2.28. The minimum absolute atomic E-state index is 0.0209. The third kappa shape index (κ3) is 3.83. The van der Waals surface area contributed by atoms with Gasteiger partial charge in [0.1, 0.15) is 5.69 Å². The van der Waals surface area contributed by atoms with Crippen LogP contribution in [0.3, 0.4) is 0 Å². The Hall–Kier alpha value is -3.04. The largest absolute Gasteiger partial charge is 0.465 e. The molecule has 1 N–H and O–H groups in total. The minimum Gasteiger partial charge on any atom is -0.465 e. The Morgan fingerprint density at radius 1 is 1.38 bits per heavy atom. The number of hydrogen-bond acceptors (Lipinski definition) is 8. The van der Waals surface area contributed by atoms with Crippen LogP contribution in [0.25, 0.3) is 0 Å². The van der Waals surface area contributed by atoms with Crippen LogP contribution in [-0.4, -0.2) is 28.1 Å². The van der Waals surface area contributed by atoms with E-state index < -0.39 is 21.5 Å². The van der Waals surface area contributed by atoms with E-state index in [1.165, 1.54) is 6.07 Å². The molecule has 1 aliphatic rings. The molecule has 10 nitrogen and oxygen atoms in total. The highest BCUT2D eigenvalue weighted by molar-refractivity contribution is 6.03. The van der Waals surface area contributed by atoms with Gasteiger partial charge >= 0.3 is 11.7 Å². The molecule has 10 heteroatoms. The van der Waals surface area contributed by atoms with Gasteiger partial charge in [-0.15, -0.1) is 0 Å². The van der Waals surface area contributed by atoms with Crippen molar-refractivity contribution in [1.29, 1.82) is 0 Å². The van der Waals surface area contributed by atoms with E-state index in [4.69, 9.17) is 4.74 Å². The van der Waals surface area contributed by atoms with Crippen LogP contribution in [0, 0.1) is 26.1 Å². The number of nitro benzene ring substituents is 2. The van der Waals surface area contributed by atoms with Gasteiger partial charge in [0.2, 0.25) is 0 Å². The highest BCUT2D eigenvalue weighted by Crippen LogP contribution is 2.30. The summed E-state index contributed by atoms with van der Waals surface area (Å²) in [7, 11) is 0. The number of nitrogens with one attached hydrogen (secondary N) is 1. The SMILES string of the molecule is CCOC(=O)C1CCC/C1=N/Nc1ccc([N+](=O)[O-])cc1[N+](=O)[O-]. The number of benzene rings is 1. The van der Waals surface area contributed by atoms with Crippen molar-refractivity contribution < 1.29 is 19.4 Å². The van der Waals surface area contributed by atoms with Crippen LogP contribution in [0.5, 0.6) is 0 Å². The summed E-state index contributed by atoms with van der Waals surface area (Å²) < 4.78 is 4.98. The fourth-order valence-corrected chi connectivity index (χ4v) is 2.47. The molecule has 1 saturated carbocycles. The number of non-ortho nitro benzene ring substituents is 1. The van der Waals surface area contributed by atoms with Gasteiger partial charge in [0.05, 0.1) is 34.1 Å². The van der Waals surface area contributed by atoms with Crippen LogP contribution < -0.4 is 5.43 Å². The molecule has 0 radical (unpaired) electrons. The first-order valence-corrected chi connectivity index (χ1v) is 7.36. The van der Waals surface area contributed by atoms with Gasteiger partial charge in [0.15, 0.2) is 0 Å². The zero-order valence-electron chi connectivity index (χ0n) is 12.9. The lowest BCUT2D eigenvalue weighted by Crippen LogP contribution is -2.22. The topological polar surface area (TPSA) is 137 Å². The number of carbonyl (C=O) groups is 1. The summed E-state index contributed by atoms with van der Waals surface area (Å²) in [6.07, 6.45) is 1.96. The molecule has 1 aliphatic carbocycles. The smallest absolute Gasteiger partial charge is 0.314 e. The predicted molar refractivity (Wildman–Crippen MR) is 84.8 cm³/mol.